The maximum Gasteiger partial charge on any atom is 0.145 e. The lowest BCUT2D eigenvalue weighted by molar-refractivity contribution is 0.223. The number of nitrogens with two attached hydrogens (primary N) is 1. The lowest BCUT2D eigenvalue weighted by Crippen LogP contribution is -2.31. The van der Waals surface area contributed by atoms with Gasteiger partial charge in [0.15, 0.2) is 0 Å². The van der Waals surface area contributed by atoms with E-state index < -0.39 is 0 Å². The number of hydrogen-bond donors (Lipinski definition) is 1. The van der Waals surface area contributed by atoms with Crippen molar-refractivity contribution < 1.29 is 4.52 Å². The summed E-state index contributed by atoms with van der Waals surface area (Å²) in [6.07, 6.45) is 4.16. The van der Waals surface area contributed by atoms with Crippen molar-refractivity contribution in [3.8, 4) is 0 Å². The topological polar surface area (TPSA) is 55.3 Å². The first-order chi connectivity index (χ1) is 6.81. The molecule has 0 bridgehead atoms. The molecule has 4 nitrogen and oxygen atoms in total. The van der Waals surface area contributed by atoms with Crippen LogP contribution in [-0.2, 0) is 6.54 Å². The van der Waals surface area contributed by atoms with Gasteiger partial charge in [0.2, 0.25) is 0 Å². The van der Waals surface area contributed by atoms with Crippen LogP contribution >= 0.6 is 0 Å². The number of likely N-dealkylation sites (N-methyl/N-ethyl adjacent to an activating group) is 1. The van der Waals surface area contributed by atoms with E-state index in [2.05, 4.69) is 17.1 Å². The molecule has 2 heterocycles. The molecule has 1 saturated heterocycles. The van der Waals surface area contributed by atoms with Gasteiger partial charge in [0.05, 0.1) is 6.20 Å². The van der Waals surface area contributed by atoms with E-state index in [0.29, 0.717) is 12.5 Å². The van der Waals surface area contributed by atoms with Crippen LogP contribution in [0.25, 0.3) is 0 Å². The fourth-order valence-corrected chi connectivity index (χ4v) is 2.14. The number of hydrogen-bond acceptors (Lipinski definition) is 4. The highest BCUT2D eigenvalue weighted by atomic mass is 16.5. The van der Waals surface area contributed by atoms with Crippen molar-refractivity contribution in [3.05, 3.63) is 17.5 Å². The quantitative estimate of drug-likeness (QED) is 0.763. The average Bonchev–Trinajstić information content (AvgIpc) is 2.65. The van der Waals surface area contributed by atoms with Gasteiger partial charge < -0.3 is 15.2 Å². The highest BCUT2D eigenvalue weighted by Crippen LogP contribution is 2.28. The maximum absolute atomic E-state index is 5.62. The first-order valence-corrected chi connectivity index (χ1v) is 5.13. The first kappa shape index (κ1) is 9.68. The second-order valence-corrected chi connectivity index (χ2v) is 4.02. The molecule has 1 aromatic heterocycles. The Bertz CT molecular complexity index is 297. The molecule has 2 rings (SSSR count). The van der Waals surface area contributed by atoms with Gasteiger partial charge in [-0.25, -0.2) is 0 Å². The van der Waals surface area contributed by atoms with Crippen LogP contribution in [0.4, 0.5) is 0 Å². The van der Waals surface area contributed by atoms with Crippen molar-refractivity contribution in [2.45, 2.75) is 25.3 Å². The summed E-state index contributed by atoms with van der Waals surface area (Å²) in [6.45, 7) is 2.77. The monoisotopic (exact) mass is 195 g/mol. The summed E-state index contributed by atoms with van der Waals surface area (Å²) in [5, 5.41) is 3.82. The Morgan fingerprint density at radius 1 is 1.71 bits per heavy atom. The van der Waals surface area contributed by atoms with E-state index in [-0.39, 0.29) is 0 Å². The Balaban J connectivity index is 2.13. The summed E-state index contributed by atoms with van der Waals surface area (Å²) < 4.78 is 5.29. The molecule has 0 aliphatic carbocycles. The highest BCUT2D eigenvalue weighted by molar-refractivity contribution is 5.18. The van der Waals surface area contributed by atoms with Crippen LogP contribution in [0.2, 0.25) is 0 Å². The van der Waals surface area contributed by atoms with Crippen molar-refractivity contribution in [1.29, 1.82) is 0 Å². The number of likely N-dealkylation sites (tertiary alicyclic amines) is 1. The van der Waals surface area contributed by atoms with E-state index in [9.17, 15) is 0 Å². The molecule has 1 aliphatic heterocycles. The summed E-state index contributed by atoms with van der Waals surface area (Å²) >= 11 is 0. The van der Waals surface area contributed by atoms with E-state index >= 15 is 0 Å². The Hall–Kier alpha value is -0.870. The molecule has 4 heteroatoms. The molecule has 0 amide bonds. The first-order valence-electron chi connectivity index (χ1n) is 5.13. The van der Waals surface area contributed by atoms with E-state index in [1.54, 1.807) is 6.20 Å². The molecule has 78 valence electrons. The van der Waals surface area contributed by atoms with Crippen LogP contribution in [-0.4, -0.2) is 30.2 Å². The standard InChI is InChI=1S/C10H17N3O/c1-13-4-2-3-8(7-13)10-9(5-11)6-12-14-10/h6,8H,2-5,7,11H2,1H3. The Kier molecular flexibility index (Phi) is 2.84. The van der Waals surface area contributed by atoms with Gasteiger partial charge in [0.25, 0.3) is 0 Å². The molecule has 1 unspecified atom stereocenters. The maximum atomic E-state index is 5.62. The molecule has 0 radical (unpaired) electrons. The van der Waals surface area contributed by atoms with Crippen LogP contribution in [0.3, 0.4) is 0 Å². The lowest BCUT2D eigenvalue weighted by Gasteiger charge is -2.28. The minimum absolute atomic E-state index is 0.481. The third-order valence-corrected chi connectivity index (χ3v) is 2.89. The van der Waals surface area contributed by atoms with E-state index in [1.165, 1.54) is 19.4 Å². The Morgan fingerprint density at radius 2 is 2.57 bits per heavy atom. The van der Waals surface area contributed by atoms with Gasteiger partial charge >= 0.3 is 0 Å². The molecule has 0 saturated carbocycles. The summed E-state index contributed by atoms with van der Waals surface area (Å²) in [5.41, 5.74) is 6.68. The number of rotatable bonds is 2. The molecular formula is C10H17N3O. The zero-order chi connectivity index (χ0) is 9.97. The number of nitrogens with zero attached hydrogens (tertiary/aromatic N) is 2. The Labute approximate surface area is 84.0 Å². The predicted molar refractivity (Wildman–Crippen MR) is 53.9 cm³/mol. The minimum atomic E-state index is 0.481. The van der Waals surface area contributed by atoms with Gasteiger partial charge in [-0.2, -0.15) is 0 Å². The van der Waals surface area contributed by atoms with Crippen molar-refractivity contribution >= 4 is 0 Å². The smallest absolute Gasteiger partial charge is 0.145 e. The molecule has 1 fully saturated rings. The fraction of sp³-hybridized carbons (Fsp3) is 0.700. The third kappa shape index (κ3) is 1.81. The molecule has 0 aromatic carbocycles. The van der Waals surface area contributed by atoms with Gasteiger partial charge in [-0.3, -0.25) is 0 Å². The summed E-state index contributed by atoms with van der Waals surface area (Å²) in [7, 11) is 2.14. The van der Waals surface area contributed by atoms with Gasteiger partial charge in [0.1, 0.15) is 5.76 Å². The molecule has 1 aliphatic rings. The van der Waals surface area contributed by atoms with E-state index in [0.717, 1.165) is 17.9 Å². The van der Waals surface area contributed by atoms with Gasteiger partial charge in [-0.05, 0) is 26.4 Å². The second-order valence-electron chi connectivity index (χ2n) is 4.02. The largest absolute Gasteiger partial charge is 0.361 e. The minimum Gasteiger partial charge on any atom is -0.361 e. The molecule has 14 heavy (non-hydrogen) atoms. The average molecular weight is 195 g/mol. The van der Waals surface area contributed by atoms with E-state index in [4.69, 9.17) is 10.3 Å². The van der Waals surface area contributed by atoms with E-state index in [1.807, 2.05) is 0 Å². The van der Waals surface area contributed by atoms with Gasteiger partial charge in [-0.1, -0.05) is 5.16 Å². The summed E-state index contributed by atoms with van der Waals surface area (Å²) in [5.74, 6) is 1.48. The summed E-state index contributed by atoms with van der Waals surface area (Å²) in [6, 6.07) is 0. The van der Waals surface area contributed by atoms with Gasteiger partial charge in [-0.15, -0.1) is 0 Å². The number of aromatic nitrogens is 1. The summed E-state index contributed by atoms with van der Waals surface area (Å²) in [4.78, 5) is 2.33. The third-order valence-electron chi connectivity index (χ3n) is 2.89. The fourth-order valence-electron chi connectivity index (χ4n) is 2.14. The van der Waals surface area contributed by atoms with Crippen molar-refractivity contribution in [2.75, 3.05) is 20.1 Å². The van der Waals surface area contributed by atoms with Crippen LogP contribution in [0.5, 0.6) is 0 Å². The van der Waals surface area contributed by atoms with Crippen molar-refractivity contribution in [3.63, 3.8) is 0 Å². The zero-order valence-electron chi connectivity index (χ0n) is 8.57. The number of piperidine rings is 1. The molecule has 1 aromatic rings. The van der Waals surface area contributed by atoms with Crippen LogP contribution < -0.4 is 5.73 Å². The SMILES string of the molecule is CN1CCCC(c2oncc2CN)C1. The molecule has 0 spiro atoms. The predicted octanol–water partition coefficient (Wildman–Crippen LogP) is 0.943. The second kappa shape index (κ2) is 4.11. The normalized spacial score (nSPS) is 24.0. The highest BCUT2D eigenvalue weighted by Gasteiger charge is 2.24. The molecule has 1 atom stereocenters. The molecular weight excluding hydrogens is 178 g/mol. The van der Waals surface area contributed by atoms with Crippen molar-refractivity contribution in [2.24, 2.45) is 5.73 Å². The lowest BCUT2D eigenvalue weighted by atomic mass is 9.94. The Morgan fingerprint density at radius 3 is 3.29 bits per heavy atom. The van der Waals surface area contributed by atoms with Crippen LogP contribution in [0.1, 0.15) is 30.1 Å². The van der Waals surface area contributed by atoms with Crippen molar-refractivity contribution in [1.82, 2.24) is 10.1 Å². The molecule has 2 N–H and O–H groups in total. The van der Waals surface area contributed by atoms with Crippen LogP contribution in [0.15, 0.2) is 10.7 Å². The van der Waals surface area contributed by atoms with Crippen LogP contribution in [0, 0.1) is 0 Å². The zero-order valence-corrected chi connectivity index (χ0v) is 8.57. The van der Waals surface area contributed by atoms with Gasteiger partial charge in [0, 0.05) is 24.6 Å².